The van der Waals surface area contributed by atoms with Gasteiger partial charge in [-0.1, -0.05) is 0 Å². The Morgan fingerprint density at radius 2 is 1.88 bits per heavy atom. The SMILES string of the molecule is O=C(O)CC1CCC(NC(=O)NCCCl)CC1. The van der Waals surface area contributed by atoms with Crippen LogP contribution in [0.25, 0.3) is 0 Å². The number of carboxylic acid groups (broad SMARTS) is 1. The Bertz CT molecular complexity index is 265. The molecule has 1 saturated carbocycles. The number of hydrogen-bond acceptors (Lipinski definition) is 2. The van der Waals surface area contributed by atoms with Crippen molar-refractivity contribution < 1.29 is 14.7 Å². The van der Waals surface area contributed by atoms with Crippen LogP contribution in [0.1, 0.15) is 32.1 Å². The van der Waals surface area contributed by atoms with E-state index in [0.717, 1.165) is 25.7 Å². The Kier molecular flexibility index (Phi) is 6.11. The van der Waals surface area contributed by atoms with Crippen molar-refractivity contribution in [2.75, 3.05) is 12.4 Å². The van der Waals surface area contributed by atoms with Crippen LogP contribution >= 0.6 is 11.6 Å². The molecule has 6 heteroatoms. The van der Waals surface area contributed by atoms with Crippen LogP contribution < -0.4 is 10.6 Å². The third-order valence-corrected chi connectivity index (χ3v) is 3.21. The number of hydrogen-bond donors (Lipinski definition) is 3. The molecule has 0 aromatic heterocycles. The zero-order chi connectivity index (χ0) is 12.7. The van der Waals surface area contributed by atoms with Crippen LogP contribution in [0.15, 0.2) is 0 Å². The summed E-state index contributed by atoms with van der Waals surface area (Å²) < 4.78 is 0. The zero-order valence-electron chi connectivity index (χ0n) is 9.75. The summed E-state index contributed by atoms with van der Waals surface area (Å²) in [5.41, 5.74) is 0. The minimum Gasteiger partial charge on any atom is -0.481 e. The van der Waals surface area contributed by atoms with Crippen molar-refractivity contribution in [3.8, 4) is 0 Å². The van der Waals surface area contributed by atoms with Crippen LogP contribution in [-0.2, 0) is 4.79 Å². The lowest BCUT2D eigenvalue weighted by Crippen LogP contribution is -2.44. The predicted molar refractivity (Wildman–Crippen MR) is 65.3 cm³/mol. The van der Waals surface area contributed by atoms with Gasteiger partial charge in [0.1, 0.15) is 0 Å². The maximum absolute atomic E-state index is 11.4. The number of halogens is 1. The van der Waals surface area contributed by atoms with Gasteiger partial charge in [0.05, 0.1) is 0 Å². The highest BCUT2D eigenvalue weighted by molar-refractivity contribution is 6.18. The van der Waals surface area contributed by atoms with E-state index < -0.39 is 5.97 Å². The monoisotopic (exact) mass is 262 g/mol. The van der Waals surface area contributed by atoms with E-state index >= 15 is 0 Å². The van der Waals surface area contributed by atoms with Gasteiger partial charge < -0.3 is 15.7 Å². The van der Waals surface area contributed by atoms with Crippen LogP contribution in [0.3, 0.4) is 0 Å². The van der Waals surface area contributed by atoms with E-state index in [1.54, 1.807) is 0 Å². The summed E-state index contributed by atoms with van der Waals surface area (Å²) in [7, 11) is 0. The number of carbonyl (C=O) groups excluding carboxylic acids is 1. The second kappa shape index (κ2) is 7.37. The molecule has 0 unspecified atom stereocenters. The molecule has 0 aromatic carbocycles. The van der Waals surface area contributed by atoms with Crippen LogP contribution in [0, 0.1) is 5.92 Å². The molecular weight excluding hydrogens is 244 g/mol. The van der Waals surface area contributed by atoms with Gasteiger partial charge in [-0.15, -0.1) is 11.6 Å². The van der Waals surface area contributed by atoms with E-state index in [4.69, 9.17) is 16.7 Å². The fraction of sp³-hybridized carbons (Fsp3) is 0.818. The van der Waals surface area contributed by atoms with Crippen LogP contribution in [0.5, 0.6) is 0 Å². The smallest absolute Gasteiger partial charge is 0.315 e. The topological polar surface area (TPSA) is 78.4 Å². The summed E-state index contributed by atoms with van der Waals surface area (Å²) in [6.45, 7) is 0.460. The molecule has 0 saturated heterocycles. The molecule has 0 bridgehead atoms. The van der Waals surface area contributed by atoms with Gasteiger partial charge in [0.15, 0.2) is 0 Å². The van der Waals surface area contributed by atoms with Crippen molar-refractivity contribution in [1.82, 2.24) is 10.6 Å². The molecule has 2 amide bonds. The quantitative estimate of drug-likeness (QED) is 0.658. The molecule has 0 aromatic rings. The zero-order valence-corrected chi connectivity index (χ0v) is 10.5. The number of carboxylic acids is 1. The van der Waals surface area contributed by atoms with Gasteiger partial charge in [0.2, 0.25) is 0 Å². The van der Waals surface area contributed by atoms with E-state index in [2.05, 4.69) is 10.6 Å². The Morgan fingerprint density at radius 3 is 2.41 bits per heavy atom. The van der Waals surface area contributed by atoms with Gasteiger partial charge in [-0.25, -0.2) is 4.79 Å². The van der Waals surface area contributed by atoms with E-state index in [1.165, 1.54) is 0 Å². The van der Waals surface area contributed by atoms with Crippen LogP contribution in [-0.4, -0.2) is 35.6 Å². The average molecular weight is 263 g/mol. The van der Waals surface area contributed by atoms with Crippen LogP contribution in [0.2, 0.25) is 0 Å². The molecule has 17 heavy (non-hydrogen) atoms. The third-order valence-electron chi connectivity index (χ3n) is 3.03. The second-order valence-electron chi connectivity index (χ2n) is 4.40. The Labute approximate surface area is 106 Å². The van der Waals surface area contributed by atoms with Crippen molar-refractivity contribution >= 4 is 23.6 Å². The van der Waals surface area contributed by atoms with Crippen molar-refractivity contribution in [2.45, 2.75) is 38.1 Å². The summed E-state index contributed by atoms with van der Waals surface area (Å²) in [6.07, 6.45) is 3.68. The lowest BCUT2D eigenvalue weighted by Gasteiger charge is -2.28. The predicted octanol–water partition coefficient (Wildman–Crippen LogP) is 1.56. The normalized spacial score (nSPS) is 24.1. The molecule has 1 rings (SSSR count). The molecule has 0 spiro atoms. The van der Waals surface area contributed by atoms with Crippen molar-refractivity contribution in [3.05, 3.63) is 0 Å². The lowest BCUT2D eigenvalue weighted by molar-refractivity contribution is -0.138. The second-order valence-corrected chi connectivity index (χ2v) is 4.78. The molecule has 0 radical (unpaired) electrons. The Morgan fingerprint density at radius 1 is 1.24 bits per heavy atom. The summed E-state index contributed by atoms with van der Waals surface area (Å²) in [4.78, 5) is 21.9. The minimum absolute atomic E-state index is 0.162. The number of carbonyl (C=O) groups is 2. The first-order valence-corrected chi connectivity index (χ1v) is 6.47. The Hall–Kier alpha value is -0.970. The molecule has 1 aliphatic rings. The Balaban J connectivity index is 2.18. The minimum atomic E-state index is -0.735. The van der Waals surface area contributed by atoms with Gasteiger partial charge in [0, 0.05) is 24.9 Å². The van der Waals surface area contributed by atoms with Gasteiger partial charge in [-0.2, -0.15) is 0 Å². The molecule has 0 heterocycles. The number of urea groups is 1. The fourth-order valence-corrected chi connectivity index (χ4v) is 2.25. The van der Waals surface area contributed by atoms with Gasteiger partial charge in [-0.3, -0.25) is 4.79 Å². The first-order chi connectivity index (χ1) is 8.11. The lowest BCUT2D eigenvalue weighted by atomic mass is 9.84. The maximum atomic E-state index is 11.4. The molecule has 1 fully saturated rings. The number of alkyl halides is 1. The first kappa shape index (κ1) is 14.1. The highest BCUT2D eigenvalue weighted by Gasteiger charge is 2.23. The molecule has 5 nitrogen and oxygen atoms in total. The van der Waals surface area contributed by atoms with Crippen molar-refractivity contribution in [3.63, 3.8) is 0 Å². The van der Waals surface area contributed by atoms with Gasteiger partial charge in [-0.05, 0) is 31.6 Å². The maximum Gasteiger partial charge on any atom is 0.315 e. The summed E-state index contributed by atoms with van der Waals surface area (Å²) >= 11 is 5.46. The average Bonchev–Trinajstić information content (AvgIpc) is 2.28. The summed E-state index contributed by atoms with van der Waals surface area (Å²) in [5.74, 6) is -0.0728. The first-order valence-electron chi connectivity index (χ1n) is 5.94. The fourth-order valence-electron chi connectivity index (χ4n) is 2.16. The molecule has 0 aliphatic heterocycles. The standard InChI is InChI=1S/C11H19ClN2O3/c12-5-6-13-11(17)14-9-3-1-8(2-4-9)7-10(15)16/h8-9H,1-7H2,(H,15,16)(H2,13,14,17). The van der Waals surface area contributed by atoms with E-state index in [1.807, 2.05) is 0 Å². The van der Waals surface area contributed by atoms with Crippen LogP contribution in [0.4, 0.5) is 4.79 Å². The molecule has 98 valence electrons. The van der Waals surface area contributed by atoms with Gasteiger partial charge in [0.25, 0.3) is 0 Å². The molecule has 1 aliphatic carbocycles. The highest BCUT2D eigenvalue weighted by atomic mass is 35.5. The molecule has 3 N–H and O–H groups in total. The van der Waals surface area contributed by atoms with Gasteiger partial charge >= 0.3 is 12.0 Å². The van der Waals surface area contributed by atoms with Crippen molar-refractivity contribution in [1.29, 1.82) is 0 Å². The molecule has 0 atom stereocenters. The summed E-state index contributed by atoms with van der Waals surface area (Å²) in [5, 5.41) is 14.2. The number of aliphatic carboxylic acids is 1. The summed E-state index contributed by atoms with van der Waals surface area (Å²) in [6, 6.07) is -0.0253. The largest absolute Gasteiger partial charge is 0.481 e. The highest BCUT2D eigenvalue weighted by Crippen LogP contribution is 2.26. The van der Waals surface area contributed by atoms with E-state index in [0.29, 0.717) is 12.4 Å². The van der Waals surface area contributed by atoms with E-state index in [9.17, 15) is 9.59 Å². The number of amides is 2. The molecular formula is C11H19ClN2O3. The number of nitrogens with one attached hydrogen (secondary N) is 2. The third kappa shape index (κ3) is 5.77. The van der Waals surface area contributed by atoms with E-state index in [-0.39, 0.29) is 24.4 Å². The number of rotatable bonds is 5. The van der Waals surface area contributed by atoms with Crippen molar-refractivity contribution in [2.24, 2.45) is 5.92 Å².